The Balaban J connectivity index is 3.78. The molecule has 0 atom stereocenters. The standard InChI is InChI=1S/C4H6O5S/c5-3-4(6)1-2-10(7,8)9/h3H,1-2H2,(H,7,8,9). The van der Waals surface area contributed by atoms with Crippen molar-refractivity contribution in [1.29, 1.82) is 0 Å². The Bertz CT molecular complexity index is 226. The van der Waals surface area contributed by atoms with Crippen molar-refractivity contribution in [2.24, 2.45) is 0 Å². The van der Waals surface area contributed by atoms with Gasteiger partial charge >= 0.3 is 0 Å². The predicted octanol–water partition coefficient (Wildman–Crippen LogP) is -0.968. The highest BCUT2D eigenvalue weighted by molar-refractivity contribution is 7.85. The molecular formula is C4H6O5S. The van der Waals surface area contributed by atoms with Crippen LogP contribution in [-0.2, 0) is 19.7 Å². The van der Waals surface area contributed by atoms with E-state index in [0.29, 0.717) is 0 Å². The molecule has 0 amide bonds. The fourth-order valence-corrected chi connectivity index (χ4v) is 0.748. The van der Waals surface area contributed by atoms with Crippen molar-refractivity contribution < 1.29 is 22.6 Å². The van der Waals surface area contributed by atoms with Gasteiger partial charge in [0, 0.05) is 6.42 Å². The molecule has 0 rings (SSSR count). The molecule has 0 aromatic rings. The highest BCUT2D eigenvalue weighted by Gasteiger charge is 2.07. The smallest absolute Gasteiger partial charge is 0.265 e. The molecule has 0 heterocycles. The summed E-state index contributed by atoms with van der Waals surface area (Å²) in [6.07, 6.45) is -0.437. The summed E-state index contributed by atoms with van der Waals surface area (Å²) in [5.74, 6) is -1.53. The molecule has 0 radical (unpaired) electrons. The van der Waals surface area contributed by atoms with Crippen LogP contribution in [0.15, 0.2) is 0 Å². The number of aldehydes is 1. The summed E-state index contributed by atoms with van der Waals surface area (Å²) < 4.78 is 27.9. The predicted molar refractivity (Wildman–Crippen MR) is 32.1 cm³/mol. The first-order valence-electron chi connectivity index (χ1n) is 2.39. The van der Waals surface area contributed by atoms with Crippen LogP contribution >= 0.6 is 0 Å². The van der Waals surface area contributed by atoms with Crippen molar-refractivity contribution in [2.75, 3.05) is 5.75 Å². The van der Waals surface area contributed by atoms with Gasteiger partial charge in [-0.15, -0.1) is 0 Å². The van der Waals surface area contributed by atoms with Crippen molar-refractivity contribution in [3.63, 3.8) is 0 Å². The summed E-state index contributed by atoms with van der Waals surface area (Å²) in [6, 6.07) is 0. The van der Waals surface area contributed by atoms with Crippen molar-refractivity contribution >= 4 is 22.2 Å². The third-order valence-electron chi connectivity index (χ3n) is 0.738. The zero-order chi connectivity index (χ0) is 8.20. The van der Waals surface area contributed by atoms with Gasteiger partial charge in [0.25, 0.3) is 10.1 Å². The lowest BCUT2D eigenvalue weighted by Gasteiger charge is -1.89. The van der Waals surface area contributed by atoms with E-state index < -0.39 is 28.1 Å². The van der Waals surface area contributed by atoms with E-state index in [-0.39, 0.29) is 6.29 Å². The van der Waals surface area contributed by atoms with Gasteiger partial charge in [0.2, 0.25) is 0 Å². The first-order chi connectivity index (χ1) is 4.45. The van der Waals surface area contributed by atoms with Gasteiger partial charge in [0.15, 0.2) is 12.1 Å². The fourth-order valence-electron chi connectivity index (χ4n) is 0.288. The first-order valence-corrected chi connectivity index (χ1v) is 4.00. The lowest BCUT2D eigenvalue weighted by Crippen LogP contribution is -2.10. The average molecular weight is 166 g/mol. The lowest BCUT2D eigenvalue weighted by atomic mass is 10.3. The van der Waals surface area contributed by atoms with Crippen LogP contribution in [0.1, 0.15) is 6.42 Å². The molecule has 0 aliphatic heterocycles. The first kappa shape index (κ1) is 9.25. The van der Waals surface area contributed by atoms with Crippen LogP contribution < -0.4 is 0 Å². The van der Waals surface area contributed by atoms with E-state index in [4.69, 9.17) is 4.55 Å². The molecule has 0 fully saturated rings. The summed E-state index contributed by atoms with van der Waals surface area (Å²) >= 11 is 0. The molecule has 5 nitrogen and oxygen atoms in total. The van der Waals surface area contributed by atoms with Gasteiger partial charge in [-0.05, 0) is 0 Å². The summed E-state index contributed by atoms with van der Waals surface area (Å²) in [6.45, 7) is 0. The molecule has 0 saturated carbocycles. The van der Waals surface area contributed by atoms with Gasteiger partial charge in [0.05, 0.1) is 5.75 Å². The molecule has 0 bridgehead atoms. The van der Waals surface area contributed by atoms with E-state index >= 15 is 0 Å². The largest absolute Gasteiger partial charge is 0.295 e. The molecule has 0 saturated heterocycles. The van der Waals surface area contributed by atoms with E-state index in [2.05, 4.69) is 0 Å². The summed E-state index contributed by atoms with van der Waals surface area (Å²) in [5, 5.41) is 0. The van der Waals surface area contributed by atoms with Crippen LogP contribution in [0, 0.1) is 0 Å². The molecule has 10 heavy (non-hydrogen) atoms. The van der Waals surface area contributed by atoms with Crippen LogP contribution in [0.5, 0.6) is 0 Å². The maximum Gasteiger partial charge on any atom is 0.265 e. The van der Waals surface area contributed by atoms with Gasteiger partial charge in [-0.25, -0.2) is 0 Å². The topological polar surface area (TPSA) is 88.5 Å². The number of ketones is 1. The van der Waals surface area contributed by atoms with Crippen molar-refractivity contribution in [1.82, 2.24) is 0 Å². The molecule has 6 heteroatoms. The van der Waals surface area contributed by atoms with Crippen molar-refractivity contribution in [3.8, 4) is 0 Å². The SMILES string of the molecule is O=CC(=O)CCS(=O)(=O)O. The number of Topliss-reactive ketones (excluding diaryl/α,β-unsaturated/α-hetero) is 1. The number of hydrogen-bond donors (Lipinski definition) is 1. The van der Waals surface area contributed by atoms with E-state index in [1.165, 1.54) is 0 Å². The van der Waals surface area contributed by atoms with Crippen LogP contribution in [-0.4, -0.2) is 30.8 Å². The summed E-state index contributed by atoms with van der Waals surface area (Å²) in [7, 11) is -4.11. The summed E-state index contributed by atoms with van der Waals surface area (Å²) in [5.41, 5.74) is 0. The quantitative estimate of drug-likeness (QED) is 0.330. The molecule has 0 unspecified atom stereocenters. The Kier molecular flexibility index (Phi) is 3.17. The van der Waals surface area contributed by atoms with Crippen LogP contribution in [0.4, 0.5) is 0 Å². The Morgan fingerprint density at radius 3 is 2.30 bits per heavy atom. The molecule has 0 aliphatic rings. The molecule has 0 aliphatic carbocycles. The average Bonchev–Trinajstić information content (AvgIpc) is 1.81. The Hall–Kier alpha value is -0.750. The Labute approximate surface area is 57.8 Å². The number of carbonyl (C=O) groups is 2. The summed E-state index contributed by atoms with van der Waals surface area (Å²) in [4.78, 5) is 19.7. The zero-order valence-electron chi connectivity index (χ0n) is 4.98. The third-order valence-corrected chi connectivity index (χ3v) is 1.46. The zero-order valence-corrected chi connectivity index (χ0v) is 5.80. The maximum absolute atomic E-state index is 10.1. The molecule has 58 valence electrons. The molecule has 1 N–H and O–H groups in total. The molecule has 0 aromatic heterocycles. The maximum atomic E-state index is 10.1. The van der Waals surface area contributed by atoms with Crippen molar-refractivity contribution in [2.45, 2.75) is 6.42 Å². The van der Waals surface area contributed by atoms with Crippen LogP contribution in [0.3, 0.4) is 0 Å². The number of rotatable bonds is 4. The van der Waals surface area contributed by atoms with E-state index in [1.807, 2.05) is 0 Å². The van der Waals surface area contributed by atoms with Gasteiger partial charge in [-0.1, -0.05) is 0 Å². The fraction of sp³-hybridized carbons (Fsp3) is 0.500. The van der Waals surface area contributed by atoms with E-state index in [1.54, 1.807) is 0 Å². The van der Waals surface area contributed by atoms with E-state index in [9.17, 15) is 18.0 Å². The lowest BCUT2D eigenvalue weighted by molar-refractivity contribution is -0.129. The molecule has 0 aromatic carbocycles. The van der Waals surface area contributed by atoms with E-state index in [0.717, 1.165) is 0 Å². The Morgan fingerprint density at radius 2 is 2.00 bits per heavy atom. The highest BCUT2D eigenvalue weighted by Crippen LogP contribution is 1.87. The number of hydrogen-bond acceptors (Lipinski definition) is 4. The van der Waals surface area contributed by atoms with Crippen LogP contribution in [0.2, 0.25) is 0 Å². The van der Waals surface area contributed by atoms with Gasteiger partial charge in [-0.3, -0.25) is 14.1 Å². The minimum absolute atomic E-state index is 0.0190. The number of carbonyl (C=O) groups excluding carboxylic acids is 2. The molecular weight excluding hydrogens is 160 g/mol. The van der Waals surface area contributed by atoms with Gasteiger partial charge in [0.1, 0.15) is 0 Å². The third kappa shape index (κ3) is 5.39. The monoisotopic (exact) mass is 166 g/mol. The highest BCUT2D eigenvalue weighted by atomic mass is 32.2. The minimum atomic E-state index is -4.11. The van der Waals surface area contributed by atoms with Gasteiger partial charge < -0.3 is 0 Å². The second-order valence-electron chi connectivity index (χ2n) is 1.62. The van der Waals surface area contributed by atoms with Crippen molar-refractivity contribution in [3.05, 3.63) is 0 Å². The second-order valence-corrected chi connectivity index (χ2v) is 3.19. The normalized spacial score (nSPS) is 10.9. The second kappa shape index (κ2) is 3.43. The Morgan fingerprint density at radius 1 is 1.50 bits per heavy atom. The molecule has 0 spiro atoms. The van der Waals surface area contributed by atoms with Crippen LogP contribution in [0.25, 0.3) is 0 Å². The minimum Gasteiger partial charge on any atom is -0.295 e. The van der Waals surface area contributed by atoms with Gasteiger partial charge in [-0.2, -0.15) is 8.42 Å².